The second kappa shape index (κ2) is 3.55. The van der Waals surface area contributed by atoms with Crippen LogP contribution in [0.4, 0.5) is 0 Å². The van der Waals surface area contributed by atoms with Gasteiger partial charge in [0.1, 0.15) is 0 Å². The molecule has 0 amide bonds. The molecule has 0 aromatic carbocycles. The number of likely N-dealkylation sites (tertiary alicyclic amines) is 1. The van der Waals surface area contributed by atoms with Gasteiger partial charge in [-0.2, -0.15) is 5.26 Å². The lowest BCUT2D eigenvalue weighted by atomic mass is 10.1. The Morgan fingerprint density at radius 1 is 1.70 bits per heavy atom. The van der Waals surface area contributed by atoms with E-state index < -0.39 is 0 Å². The van der Waals surface area contributed by atoms with Crippen LogP contribution in [0.15, 0.2) is 0 Å². The van der Waals surface area contributed by atoms with Gasteiger partial charge in [-0.3, -0.25) is 4.90 Å². The molecule has 1 atom stereocenters. The molecule has 1 rings (SSSR count). The van der Waals surface area contributed by atoms with Gasteiger partial charge >= 0.3 is 0 Å². The molecule has 1 heterocycles. The standard InChI is InChI=1S/C7H13N3/c8-3-5-10-4-1-2-7(9)6-10/h7H,1-2,4-6,9H2/t7-/m1/s1. The highest BCUT2D eigenvalue weighted by molar-refractivity contribution is 4.82. The SMILES string of the molecule is N#CCN1CCC[C@@H](N)C1. The van der Waals surface area contributed by atoms with Gasteiger partial charge in [-0.1, -0.05) is 0 Å². The second-order valence-corrected chi connectivity index (χ2v) is 2.80. The van der Waals surface area contributed by atoms with Crippen LogP contribution in [0.2, 0.25) is 0 Å². The number of nitriles is 1. The summed E-state index contributed by atoms with van der Waals surface area (Å²) in [6, 6.07) is 2.42. The van der Waals surface area contributed by atoms with E-state index in [1.54, 1.807) is 0 Å². The molecule has 10 heavy (non-hydrogen) atoms. The van der Waals surface area contributed by atoms with Crippen LogP contribution in [-0.2, 0) is 0 Å². The molecular formula is C7H13N3. The van der Waals surface area contributed by atoms with Crippen LogP contribution in [-0.4, -0.2) is 30.6 Å². The fraction of sp³-hybridized carbons (Fsp3) is 0.857. The molecule has 0 aromatic rings. The third kappa shape index (κ3) is 1.98. The molecule has 0 unspecified atom stereocenters. The van der Waals surface area contributed by atoms with Gasteiger partial charge in [-0.05, 0) is 19.4 Å². The lowest BCUT2D eigenvalue weighted by molar-refractivity contribution is 0.231. The van der Waals surface area contributed by atoms with Crippen molar-refractivity contribution in [1.82, 2.24) is 4.90 Å². The van der Waals surface area contributed by atoms with Crippen molar-refractivity contribution in [3.8, 4) is 6.07 Å². The first kappa shape index (κ1) is 7.52. The lowest BCUT2D eigenvalue weighted by Gasteiger charge is -2.28. The molecule has 1 aliphatic heterocycles. The second-order valence-electron chi connectivity index (χ2n) is 2.80. The molecule has 0 radical (unpaired) electrons. The van der Waals surface area contributed by atoms with E-state index in [4.69, 9.17) is 11.0 Å². The van der Waals surface area contributed by atoms with E-state index in [9.17, 15) is 0 Å². The summed E-state index contributed by atoms with van der Waals surface area (Å²) in [5.74, 6) is 0. The minimum atomic E-state index is 0.294. The normalized spacial score (nSPS) is 27.8. The number of nitrogens with two attached hydrogens (primary N) is 1. The summed E-state index contributed by atoms with van der Waals surface area (Å²) in [4.78, 5) is 2.11. The monoisotopic (exact) mass is 139 g/mol. The Morgan fingerprint density at radius 2 is 2.50 bits per heavy atom. The Kier molecular flexibility index (Phi) is 2.67. The highest BCUT2D eigenvalue weighted by Crippen LogP contribution is 2.06. The van der Waals surface area contributed by atoms with Crippen molar-refractivity contribution >= 4 is 0 Å². The van der Waals surface area contributed by atoms with Crippen molar-refractivity contribution in [3.63, 3.8) is 0 Å². The summed E-state index contributed by atoms with van der Waals surface area (Å²) in [5, 5.41) is 8.37. The Labute approximate surface area is 61.4 Å². The predicted molar refractivity (Wildman–Crippen MR) is 39.3 cm³/mol. The van der Waals surface area contributed by atoms with Crippen molar-refractivity contribution in [2.75, 3.05) is 19.6 Å². The molecule has 3 nitrogen and oxygen atoms in total. The lowest BCUT2D eigenvalue weighted by Crippen LogP contribution is -2.42. The van der Waals surface area contributed by atoms with Crippen LogP contribution in [0.1, 0.15) is 12.8 Å². The molecule has 2 N–H and O–H groups in total. The summed E-state index contributed by atoms with van der Waals surface area (Å²) in [6.45, 7) is 2.47. The summed E-state index contributed by atoms with van der Waals surface area (Å²) in [7, 11) is 0. The van der Waals surface area contributed by atoms with Gasteiger partial charge in [0.05, 0.1) is 12.6 Å². The molecule has 56 valence electrons. The predicted octanol–water partition coefficient (Wildman–Crippen LogP) is -0.0669. The maximum Gasteiger partial charge on any atom is 0.0866 e. The molecule has 0 bridgehead atoms. The van der Waals surface area contributed by atoms with Crippen LogP contribution < -0.4 is 5.73 Å². The van der Waals surface area contributed by atoms with Gasteiger partial charge in [0.15, 0.2) is 0 Å². The minimum absolute atomic E-state index is 0.294. The Morgan fingerprint density at radius 3 is 3.10 bits per heavy atom. The first-order chi connectivity index (χ1) is 4.83. The average molecular weight is 139 g/mol. The smallest absolute Gasteiger partial charge is 0.0866 e. The van der Waals surface area contributed by atoms with E-state index in [0.717, 1.165) is 25.9 Å². The molecule has 0 aromatic heterocycles. The van der Waals surface area contributed by atoms with Gasteiger partial charge in [-0.25, -0.2) is 0 Å². The third-order valence-corrected chi connectivity index (χ3v) is 1.84. The van der Waals surface area contributed by atoms with E-state index in [-0.39, 0.29) is 0 Å². The highest BCUT2D eigenvalue weighted by Gasteiger charge is 2.15. The molecule has 1 fully saturated rings. The molecule has 1 aliphatic rings. The molecular weight excluding hydrogens is 126 g/mol. The van der Waals surface area contributed by atoms with Crippen molar-refractivity contribution in [2.24, 2.45) is 5.73 Å². The van der Waals surface area contributed by atoms with E-state index in [2.05, 4.69) is 11.0 Å². The maximum atomic E-state index is 8.37. The zero-order valence-electron chi connectivity index (χ0n) is 6.08. The minimum Gasteiger partial charge on any atom is -0.327 e. The highest BCUT2D eigenvalue weighted by atomic mass is 15.1. The van der Waals surface area contributed by atoms with Gasteiger partial charge < -0.3 is 5.73 Å². The zero-order chi connectivity index (χ0) is 7.40. The van der Waals surface area contributed by atoms with E-state index in [1.165, 1.54) is 0 Å². The summed E-state index contributed by atoms with van der Waals surface area (Å²) in [6.07, 6.45) is 2.25. The van der Waals surface area contributed by atoms with Gasteiger partial charge in [0.2, 0.25) is 0 Å². The largest absolute Gasteiger partial charge is 0.327 e. The Balaban J connectivity index is 2.27. The van der Waals surface area contributed by atoms with E-state index in [1.807, 2.05) is 0 Å². The number of piperidine rings is 1. The van der Waals surface area contributed by atoms with Crippen molar-refractivity contribution in [2.45, 2.75) is 18.9 Å². The van der Waals surface area contributed by atoms with Crippen LogP contribution in [0.5, 0.6) is 0 Å². The van der Waals surface area contributed by atoms with E-state index in [0.29, 0.717) is 12.6 Å². The van der Waals surface area contributed by atoms with Gasteiger partial charge in [-0.15, -0.1) is 0 Å². The fourth-order valence-electron chi connectivity index (χ4n) is 1.33. The topological polar surface area (TPSA) is 53.0 Å². The van der Waals surface area contributed by atoms with Crippen molar-refractivity contribution < 1.29 is 0 Å². The quantitative estimate of drug-likeness (QED) is 0.517. The first-order valence-electron chi connectivity index (χ1n) is 3.68. The number of nitrogens with zero attached hydrogens (tertiary/aromatic N) is 2. The van der Waals surface area contributed by atoms with Crippen LogP contribution in [0.25, 0.3) is 0 Å². The fourth-order valence-corrected chi connectivity index (χ4v) is 1.33. The number of hydrogen-bond donors (Lipinski definition) is 1. The van der Waals surface area contributed by atoms with Crippen molar-refractivity contribution in [1.29, 1.82) is 5.26 Å². The molecule has 0 aliphatic carbocycles. The van der Waals surface area contributed by atoms with Crippen LogP contribution in [0, 0.1) is 11.3 Å². The third-order valence-electron chi connectivity index (χ3n) is 1.84. The zero-order valence-corrected chi connectivity index (χ0v) is 6.08. The van der Waals surface area contributed by atoms with Crippen LogP contribution >= 0.6 is 0 Å². The van der Waals surface area contributed by atoms with Crippen molar-refractivity contribution in [3.05, 3.63) is 0 Å². The number of hydrogen-bond acceptors (Lipinski definition) is 3. The molecule has 0 spiro atoms. The Bertz CT molecular complexity index is 138. The Hall–Kier alpha value is -0.590. The van der Waals surface area contributed by atoms with E-state index >= 15 is 0 Å². The summed E-state index contributed by atoms with van der Waals surface area (Å²) < 4.78 is 0. The molecule has 1 saturated heterocycles. The maximum absolute atomic E-state index is 8.37. The molecule has 3 heteroatoms. The average Bonchev–Trinajstić information content (AvgIpc) is 1.88. The van der Waals surface area contributed by atoms with Gasteiger partial charge in [0.25, 0.3) is 0 Å². The number of rotatable bonds is 1. The summed E-state index contributed by atoms with van der Waals surface area (Å²) >= 11 is 0. The van der Waals surface area contributed by atoms with Crippen LogP contribution in [0.3, 0.4) is 0 Å². The summed E-state index contributed by atoms with van der Waals surface area (Å²) in [5.41, 5.74) is 5.70. The van der Waals surface area contributed by atoms with Gasteiger partial charge in [0, 0.05) is 12.6 Å². The first-order valence-corrected chi connectivity index (χ1v) is 3.68. The molecule has 0 saturated carbocycles.